The first-order chi connectivity index (χ1) is 15.0. The molecule has 0 aliphatic carbocycles. The van der Waals surface area contributed by atoms with Crippen molar-refractivity contribution < 1.29 is 34.2 Å². The topological polar surface area (TPSA) is 217 Å². The fraction of sp³-hybridized carbons (Fsp3) is 0.556. The summed E-state index contributed by atoms with van der Waals surface area (Å²) in [7, 11) is 0. The van der Waals surface area contributed by atoms with Crippen LogP contribution in [-0.4, -0.2) is 86.0 Å². The third kappa shape index (κ3) is 9.34. The van der Waals surface area contributed by atoms with Gasteiger partial charge in [-0.2, -0.15) is 11.8 Å². The van der Waals surface area contributed by atoms with E-state index in [4.69, 9.17) is 10.8 Å². The summed E-state index contributed by atoms with van der Waals surface area (Å²) >= 11 is 1.40. The summed E-state index contributed by atoms with van der Waals surface area (Å²) < 4.78 is 0. The molecule has 13 nitrogen and oxygen atoms in total. The van der Waals surface area contributed by atoms with Crippen molar-refractivity contribution in [3.8, 4) is 0 Å². The van der Waals surface area contributed by atoms with E-state index in [2.05, 4.69) is 25.9 Å². The van der Waals surface area contributed by atoms with Gasteiger partial charge < -0.3 is 36.9 Å². The maximum atomic E-state index is 12.8. The molecule has 1 aromatic heterocycles. The molecule has 1 rings (SSSR count). The number of imidazole rings is 1. The van der Waals surface area contributed by atoms with Crippen molar-refractivity contribution in [1.29, 1.82) is 0 Å². The van der Waals surface area contributed by atoms with E-state index in [9.17, 15) is 29.1 Å². The van der Waals surface area contributed by atoms with Gasteiger partial charge in [0.05, 0.1) is 18.8 Å². The monoisotopic (exact) mass is 472 g/mol. The zero-order chi connectivity index (χ0) is 24.3. The second-order valence-corrected chi connectivity index (χ2v) is 7.96. The molecular formula is C18H28N6O7S. The van der Waals surface area contributed by atoms with Crippen molar-refractivity contribution in [3.63, 3.8) is 0 Å². The third-order valence-electron chi connectivity index (χ3n) is 4.26. The molecule has 0 aliphatic heterocycles. The number of nitrogens with zero attached hydrogens (tertiary/aromatic N) is 1. The molecule has 0 bridgehead atoms. The summed E-state index contributed by atoms with van der Waals surface area (Å²) in [5.41, 5.74) is 5.94. The van der Waals surface area contributed by atoms with Gasteiger partial charge in [-0.25, -0.2) is 9.78 Å². The number of rotatable bonds is 14. The minimum absolute atomic E-state index is 0.0592. The molecule has 3 amide bonds. The maximum Gasteiger partial charge on any atom is 0.326 e. The molecule has 0 aromatic carbocycles. The van der Waals surface area contributed by atoms with Gasteiger partial charge in [0.2, 0.25) is 17.7 Å². The van der Waals surface area contributed by atoms with Crippen LogP contribution in [0.5, 0.6) is 0 Å². The van der Waals surface area contributed by atoms with Crippen molar-refractivity contribution in [3.05, 3.63) is 18.2 Å². The van der Waals surface area contributed by atoms with Gasteiger partial charge in [-0.05, 0) is 25.4 Å². The third-order valence-corrected chi connectivity index (χ3v) is 4.91. The maximum absolute atomic E-state index is 12.8. The number of H-pyrrole nitrogens is 1. The number of aromatic amines is 1. The van der Waals surface area contributed by atoms with Crippen LogP contribution in [0.3, 0.4) is 0 Å². The van der Waals surface area contributed by atoms with Gasteiger partial charge in [0.15, 0.2) is 0 Å². The molecule has 178 valence electrons. The standard InChI is InChI=1S/C18H28N6O7S/c1-9(19)15(27)23-12(6-14(25)26)17(29)22-11(3-4-32-2)16(28)24-13(18(30)31)5-10-7-20-8-21-10/h7-9,11-13H,3-6,19H2,1-2H3,(H,20,21)(H,22,29)(H,23,27)(H,24,28)(H,25,26)(H,30,31). The highest BCUT2D eigenvalue weighted by molar-refractivity contribution is 7.98. The zero-order valence-corrected chi connectivity index (χ0v) is 18.5. The van der Waals surface area contributed by atoms with Crippen LogP contribution in [0.25, 0.3) is 0 Å². The van der Waals surface area contributed by atoms with Crippen LogP contribution >= 0.6 is 11.8 Å². The largest absolute Gasteiger partial charge is 0.481 e. The Bertz CT molecular complexity index is 802. The minimum Gasteiger partial charge on any atom is -0.481 e. The van der Waals surface area contributed by atoms with Gasteiger partial charge in [0.1, 0.15) is 18.1 Å². The van der Waals surface area contributed by atoms with Gasteiger partial charge in [-0.15, -0.1) is 0 Å². The summed E-state index contributed by atoms with van der Waals surface area (Å²) in [4.78, 5) is 66.5. The van der Waals surface area contributed by atoms with E-state index in [-0.39, 0.29) is 12.8 Å². The van der Waals surface area contributed by atoms with E-state index in [1.54, 1.807) is 6.26 Å². The van der Waals surface area contributed by atoms with Crippen molar-refractivity contribution in [2.75, 3.05) is 12.0 Å². The summed E-state index contributed by atoms with van der Waals surface area (Å²) in [5, 5.41) is 25.5. The van der Waals surface area contributed by atoms with Gasteiger partial charge in [0.25, 0.3) is 0 Å². The van der Waals surface area contributed by atoms with E-state index in [0.29, 0.717) is 11.4 Å². The number of nitrogens with one attached hydrogen (secondary N) is 4. The molecule has 1 aromatic rings. The quantitative estimate of drug-likeness (QED) is 0.159. The Hall–Kier alpha value is -3.13. The number of hydrogen-bond donors (Lipinski definition) is 7. The van der Waals surface area contributed by atoms with Gasteiger partial charge in [-0.1, -0.05) is 0 Å². The molecule has 0 spiro atoms. The number of thioether (sulfide) groups is 1. The fourth-order valence-corrected chi connectivity index (χ4v) is 3.02. The Kier molecular flexibility index (Phi) is 11.2. The number of hydrogen-bond acceptors (Lipinski definition) is 8. The molecular weight excluding hydrogens is 444 g/mol. The van der Waals surface area contributed by atoms with Crippen molar-refractivity contribution in [2.24, 2.45) is 5.73 Å². The second-order valence-electron chi connectivity index (χ2n) is 6.97. The average molecular weight is 473 g/mol. The number of carboxylic acid groups (broad SMARTS) is 2. The van der Waals surface area contributed by atoms with Crippen LogP contribution in [0, 0.1) is 0 Å². The predicted molar refractivity (Wildman–Crippen MR) is 115 cm³/mol. The van der Waals surface area contributed by atoms with E-state index in [0.717, 1.165) is 0 Å². The lowest BCUT2D eigenvalue weighted by molar-refractivity contribution is -0.143. The lowest BCUT2D eigenvalue weighted by Gasteiger charge is -2.24. The second kappa shape index (κ2) is 13.3. The van der Waals surface area contributed by atoms with E-state index < -0.39 is 60.2 Å². The van der Waals surface area contributed by atoms with E-state index in [1.165, 1.54) is 31.2 Å². The zero-order valence-electron chi connectivity index (χ0n) is 17.7. The minimum atomic E-state index is -1.46. The van der Waals surface area contributed by atoms with Crippen LogP contribution in [0.4, 0.5) is 0 Å². The lowest BCUT2D eigenvalue weighted by Crippen LogP contribution is -2.57. The van der Waals surface area contributed by atoms with Crippen molar-refractivity contribution in [1.82, 2.24) is 25.9 Å². The summed E-state index contributed by atoms with van der Waals surface area (Å²) in [5.74, 6) is -4.56. The Balaban J connectivity index is 2.94. The van der Waals surface area contributed by atoms with Gasteiger partial charge in [0, 0.05) is 18.3 Å². The highest BCUT2D eigenvalue weighted by Gasteiger charge is 2.31. The van der Waals surface area contributed by atoms with Crippen LogP contribution < -0.4 is 21.7 Å². The smallest absolute Gasteiger partial charge is 0.326 e. The highest BCUT2D eigenvalue weighted by atomic mass is 32.2. The van der Waals surface area contributed by atoms with Crippen LogP contribution in [-0.2, 0) is 30.4 Å². The molecule has 0 fully saturated rings. The number of aromatic nitrogens is 2. The first-order valence-corrected chi connectivity index (χ1v) is 11.0. The van der Waals surface area contributed by atoms with Gasteiger partial charge in [-0.3, -0.25) is 19.2 Å². The first kappa shape index (κ1) is 26.9. The molecule has 0 saturated carbocycles. The molecule has 0 saturated heterocycles. The Morgan fingerprint density at radius 2 is 1.66 bits per heavy atom. The van der Waals surface area contributed by atoms with Crippen LogP contribution in [0.15, 0.2) is 12.5 Å². The molecule has 4 unspecified atom stereocenters. The number of carboxylic acids is 2. The number of nitrogens with two attached hydrogens (primary N) is 1. The molecule has 4 atom stereocenters. The predicted octanol–water partition coefficient (Wildman–Crippen LogP) is -1.93. The van der Waals surface area contributed by atoms with Crippen LogP contribution in [0.2, 0.25) is 0 Å². The first-order valence-electron chi connectivity index (χ1n) is 9.62. The van der Waals surface area contributed by atoms with E-state index in [1.807, 2.05) is 0 Å². The average Bonchev–Trinajstić information content (AvgIpc) is 3.22. The Morgan fingerprint density at radius 3 is 2.16 bits per heavy atom. The number of amides is 3. The molecule has 1 heterocycles. The molecule has 0 radical (unpaired) electrons. The summed E-state index contributed by atoms with van der Waals surface area (Å²) in [6.45, 7) is 1.37. The lowest BCUT2D eigenvalue weighted by atomic mass is 10.1. The molecule has 0 aliphatic rings. The Labute approximate surface area is 188 Å². The summed E-state index contributed by atoms with van der Waals surface area (Å²) in [6, 6.07) is -4.88. The molecule has 8 N–H and O–H groups in total. The number of carbonyl (C=O) groups is 5. The van der Waals surface area contributed by atoms with Crippen molar-refractivity contribution >= 4 is 41.4 Å². The highest BCUT2D eigenvalue weighted by Crippen LogP contribution is 2.05. The Morgan fingerprint density at radius 1 is 1.06 bits per heavy atom. The number of aliphatic carboxylic acids is 2. The molecule has 14 heteroatoms. The van der Waals surface area contributed by atoms with E-state index >= 15 is 0 Å². The fourth-order valence-electron chi connectivity index (χ4n) is 2.55. The molecule has 32 heavy (non-hydrogen) atoms. The summed E-state index contributed by atoms with van der Waals surface area (Å²) in [6.07, 6.45) is 3.94. The SMILES string of the molecule is CSCCC(NC(=O)C(CC(=O)O)NC(=O)C(C)N)C(=O)NC(Cc1cnc[nH]1)C(=O)O. The van der Waals surface area contributed by atoms with Gasteiger partial charge >= 0.3 is 11.9 Å². The normalized spacial score (nSPS) is 14.5. The number of carbonyl (C=O) groups excluding carboxylic acids is 3. The van der Waals surface area contributed by atoms with Crippen LogP contribution in [0.1, 0.15) is 25.5 Å². The van der Waals surface area contributed by atoms with Crippen molar-refractivity contribution in [2.45, 2.75) is 50.4 Å².